The van der Waals surface area contributed by atoms with E-state index in [-0.39, 0.29) is 5.91 Å². The molecule has 0 saturated carbocycles. The normalized spacial score (nSPS) is 15.1. The molecule has 0 bridgehead atoms. The van der Waals surface area contributed by atoms with E-state index in [1.165, 1.54) is 0 Å². The van der Waals surface area contributed by atoms with Gasteiger partial charge in [-0.15, -0.1) is 0 Å². The van der Waals surface area contributed by atoms with Crippen LogP contribution in [0, 0.1) is 6.92 Å². The summed E-state index contributed by atoms with van der Waals surface area (Å²) in [5, 5.41) is 0.978. The summed E-state index contributed by atoms with van der Waals surface area (Å²) in [6.45, 7) is 12.1. The van der Waals surface area contributed by atoms with Crippen LogP contribution in [0.4, 0.5) is 5.82 Å². The molecule has 1 saturated heterocycles. The number of carbonyl (C=O) groups excluding carboxylic acids is 1. The van der Waals surface area contributed by atoms with Crippen molar-refractivity contribution in [2.24, 2.45) is 0 Å². The van der Waals surface area contributed by atoms with Crippen LogP contribution in [0.5, 0.6) is 0 Å². The van der Waals surface area contributed by atoms with Gasteiger partial charge in [0.2, 0.25) is 0 Å². The zero-order chi connectivity index (χ0) is 20.8. The van der Waals surface area contributed by atoms with E-state index in [9.17, 15) is 4.79 Å². The number of likely N-dealkylation sites (N-methyl/N-ethyl adjacent to an activating group) is 1. The minimum atomic E-state index is 0.165. The topological polar surface area (TPSA) is 39.7 Å². The Balaban J connectivity index is 2.04. The van der Waals surface area contributed by atoms with Crippen molar-refractivity contribution in [2.75, 3.05) is 51.2 Å². The van der Waals surface area contributed by atoms with Crippen molar-refractivity contribution in [3.63, 3.8) is 0 Å². The Kier molecular flexibility index (Phi) is 7.48. The van der Waals surface area contributed by atoms with E-state index in [1.54, 1.807) is 0 Å². The van der Waals surface area contributed by atoms with Crippen LogP contribution in [-0.2, 0) is 0 Å². The number of unbranched alkanes of at least 4 members (excludes halogenated alkanes) is 2. The molecule has 0 N–H and O–H groups in total. The van der Waals surface area contributed by atoms with Crippen LogP contribution in [0.25, 0.3) is 10.9 Å². The molecule has 0 atom stereocenters. The van der Waals surface area contributed by atoms with Gasteiger partial charge in [0, 0.05) is 50.2 Å². The van der Waals surface area contributed by atoms with Gasteiger partial charge in [0.15, 0.2) is 0 Å². The number of fused-ring (bicyclic) bond motifs is 1. The van der Waals surface area contributed by atoms with E-state index < -0.39 is 0 Å². The van der Waals surface area contributed by atoms with Crippen LogP contribution in [0.15, 0.2) is 24.3 Å². The molecule has 1 amide bonds. The Morgan fingerprint density at radius 1 is 1.03 bits per heavy atom. The van der Waals surface area contributed by atoms with Gasteiger partial charge in [-0.1, -0.05) is 44.9 Å². The summed E-state index contributed by atoms with van der Waals surface area (Å²) in [6, 6.07) is 8.11. The lowest BCUT2D eigenvalue weighted by molar-refractivity contribution is 0.0752. The predicted molar refractivity (Wildman–Crippen MR) is 122 cm³/mol. The maximum atomic E-state index is 13.7. The number of piperazine rings is 1. The SMILES string of the molecule is CCCCN(CCCC)C(=O)c1c(C)c(N2CCN(C)CC2)nc2ccccc12. The Bertz CT molecular complexity index is 819. The summed E-state index contributed by atoms with van der Waals surface area (Å²) in [5.74, 6) is 1.14. The molecule has 29 heavy (non-hydrogen) atoms. The first-order chi connectivity index (χ1) is 14.1. The molecule has 2 heterocycles. The maximum Gasteiger partial charge on any atom is 0.254 e. The minimum absolute atomic E-state index is 0.165. The highest BCUT2D eigenvalue weighted by Crippen LogP contribution is 2.30. The third-order valence-corrected chi connectivity index (χ3v) is 5.98. The van der Waals surface area contributed by atoms with Crippen molar-refractivity contribution in [1.29, 1.82) is 0 Å². The van der Waals surface area contributed by atoms with Gasteiger partial charge in [0.1, 0.15) is 5.82 Å². The summed E-state index contributed by atoms with van der Waals surface area (Å²) >= 11 is 0. The van der Waals surface area contributed by atoms with E-state index in [2.05, 4.69) is 42.5 Å². The highest BCUT2D eigenvalue weighted by molar-refractivity contribution is 6.08. The highest BCUT2D eigenvalue weighted by atomic mass is 16.2. The Hall–Kier alpha value is -2.14. The maximum absolute atomic E-state index is 13.7. The van der Waals surface area contributed by atoms with Gasteiger partial charge in [0.05, 0.1) is 11.1 Å². The molecule has 1 aliphatic rings. The molecule has 1 aromatic heterocycles. The van der Waals surface area contributed by atoms with E-state index in [0.29, 0.717) is 0 Å². The van der Waals surface area contributed by atoms with Crippen molar-refractivity contribution in [3.8, 4) is 0 Å². The molecule has 0 unspecified atom stereocenters. The predicted octanol–water partition coefficient (Wildman–Crippen LogP) is 4.34. The number of hydrogen-bond donors (Lipinski definition) is 0. The zero-order valence-corrected chi connectivity index (χ0v) is 18.6. The number of anilines is 1. The van der Waals surface area contributed by atoms with E-state index in [1.807, 2.05) is 24.3 Å². The fourth-order valence-corrected chi connectivity index (χ4v) is 4.07. The third kappa shape index (κ3) is 4.89. The summed E-state index contributed by atoms with van der Waals surface area (Å²) in [5.41, 5.74) is 2.79. The number of pyridine rings is 1. The first-order valence-electron chi connectivity index (χ1n) is 11.2. The van der Waals surface area contributed by atoms with Gasteiger partial charge in [-0.3, -0.25) is 4.79 Å². The largest absolute Gasteiger partial charge is 0.354 e. The fourth-order valence-electron chi connectivity index (χ4n) is 4.07. The summed E-state index contributed by atoms with van der Waals surface area (Å²) in [6.07, 6.45) is 4.28. The fraction of sp³-hybridized carbons (Fsp3) is 0.583. The monoisotopic (exact) mass is 396 g/mol. The second kappa shape index (κ2) is 10.1. The highest BCUT2D eigenvalue weighted by Gasteiger charge is 2.25. The van der Waals surface area contributed by atoms with Crippen LogP contribution < -0.4 is 4.90 Å². The lowest BCUT2D eigenvalue weighted by Crippen LogP contribution is -2.45. The van der Waals surface area contributed by atoms with Crippen LogP contribution in [0.1, 0.15) is 55.5 Å². The molecule has 0 aliphatic carbocycles. The first kappa shape index (κ1) is 21.6. The van der Waals surface area contributed by atoms with Crippen molar-refractivity contribution in [2.45, 2.75) is 46.5 Å². The Morgan fingerprint density at radius 2 is 1.66 bits per heavy atom. The van der Waals surface area contributed by atoms with E-state index >= 15 is 0 Å². The number of hydrogen-bond acceptors (Lipinski definition) is 4. The van der Waals surface area contributed by atoms with Crippen molar-refractivity contribution >= 4 is 22.6 Å². The van der Waals surface area contributed by atoms with Gasteiger partial charge < -0.3 is 14.7 Å². The summed E-state index contributed by atoms with van der Waals surface area (Å²) in [4.78, 5) is 25.5. The van der Waals surface area contributed by atoms with Crippen molar-refractivity contribution < 1.29 is 4.79 Å². The second-order valence-electron chi connectivity index (χ2n) is 8.24. The van der Waals surface area contributed by atoms with Crippen molar-refractivity contribution in [3.05, 3.63) is 35.4 Å². The number of nitrogens with zero attached hydrogens (tertiary/aromatic N) is 4. The average molecular weight is 397 g/mol. The summed E-state index contributed by atoms with van der Waals surface area (Å²) in [7, 11) is 2.16. The lowest BCUT2D eigenvalue weighted by atomic mass is 10.0. The Labute approximate surface area is 175 Å². The van der Waals surface area contributed by atoms with Gasteiger partial charge in [-0.25, -0.2) is 4.98 Å². The lowest BCUT2D eigenvalue weighted by Gasteiger charge is -2.35. The number of carbonyl (C=O) groups is 1. The molecule has 2 aromatic rings. The molecule has 3 rings (SSSR count). The number of para-hydroxylation sites is 1. The molecular weight excluding hydrogens is 360 g/mol. The molecule has 1 aliphatic heterocycles. The van der Waals surface area contributed by atoms with Crippen LogP contribution >= 0.6 is 0 Å². The smallest absolute Gasteiger partial charge is 0.254 e. The standard InChI is InChI=1S/C24H36N4O/c1-5-7-13-28(14-8-6-2)24(29)22-19(3)23(27-17-15-26(4)16-18-27)25-21-12-10-9-11-20(21)22/h9-12H,5-8,13-18H2,1-4H3. The second-order valence-corrected chi connectivity index (χ2v) is 8.24. The minimum Gasteiger partial charge on any atom is -0.354 e. The zero-order valence-electron chi connectivity index (χ0n) is 18.6. The number of benzene rings is 1. The van der Waals surface area contributed by atoms with Gasteiger partial charge >= 0.3 is 0 Å². The molecule has 0 spiro atoms. The number of aromatic nitrogens is 1. The number of amides is 1. The molecule has 5 heteroatoms. The van der Waals surface area contributed by atoms with Crippen molar-refractivity contribution in [1.82, 2.24) is 14.8 Å². The Morgan fingerprint density at radius 3 is 2.28 bits per heavy atom. The molecule has 1 aromatic carbocycles. The molecule has 158 valence electrons. The van der Waals surface area contributed by atoms with Crippen LogP contribution in [0.2, 0.25) is 0 Å². The number of rotatable bonds is 8. The van der Waals surface area contributed by atoms with Gasteiger partial charge in [-0.2, -0.15) is 0 Å². The van der Waals surface area contributed by atoms with E-state index in [0.717, 1.165) is 92.8 Å². The average Bonchev–Trinajstić information content (AvgIpc) is 2.74. The van der Waals surface area contributed by atoms with Gasteiger partial charge in [-0.05, 0) is 32.9 Å². The molecule has 5 nitrogen and oxygen atoms in total. The quantitative estimate of drug-likeness (QED) is 0.665. The van der Waals surface area contributed by atoms with E-state index in [4.69, 9.17) is 4.98 Å². The molecular formula is C24H36N4O. The van der Waals surface area contributed by atoms with Crippen LogP contribution in [0.3, 0.4) is 0 Å². The van der Waals surface area contributed by atoms with Crippen LogP contribution in [-0.4, -0.2) is 67.0 Å². The third-order valence-electron chi connectivity index (χ3n) is 5.98. The first-order valence-corrected chi connectivity index (χ1v) is 11.2. The van der Waals surface area contributed by atoms with Gasteiger partial charge in [0.25, 0.3) is 5.91 Å². The summed E-state index contributed by atoms with van der Waals surface area (Å²) < 4.78 is 0. The molecule has 1 fully saturated rings. The molecule has 0 radical (unpaired) electrons.